The number of likely N-dealkylation sites (tertiary alicyclic amines) is 1. The van der Waals surface area contributed by atoms with Gasteiger partial charge < -0.3 is 15.0 Å². The standard InChI is InChI=1S/C40H45FN4O5/c1-5-33(43-36(46)30-17-16-28(26(4)22-30)23-31-20-21-42-44-37(31)47)38(48)45-34(29-14-11-15-32(41)24-29)18-19-35(45)40(6-2,7-3)39(49)50-25-27-12-9-8-10-13-27/h8-17,20-22,24,33-35H,5-7,18-19,23,25H2,1-4H3,(H,43,46)(H,44,47)/t33-,34+,35-/m1/s1. The second-order valence-corrected chi connectivity index (χ2v) is 13.0. The van der Waals surface area contributed by atoms with E-state index in [9.17, 15) is 23.6 Å². The summed E-state index contributed by atoms with van der Waals surface area (Å²) < 4.78 is 20.5. The van der Waals surface area contributed by atoms with Crippen LogP contribution >= 0.6 is 0 Å². The largest absolute Gasteiger partial charge is 0.460 e. The lowest BCUT2D eigenvalue weighted by molar-refractivity contribution is -0.165. The Balaban J connectivity index is 1.42. The van der Waals surface area contributed by atoms with Gasteiger partial charge in [0.05, 0.1) is 11.5 Å². The highest BCUT2D eigenvalue weighted by atomic mass is 19.1. The van der Waals surface area contributed by atoms with E-state index in [4.69, 9.17) is 4.74 Å². The van der Waals surface area contributed by atoms with Crippen molar-refractivity contribution < 1.29 is 23.5 Å². The molecule has 1 aromatic heterocycles. The number of nitrogens with one attached hydrogen (secondary N) is 2. The minimum absolute atomic E-state index is 0.111. The van der Waals surface area contributed by atoms with Crippen molar-refractivity contribution in [2.75, 3.05) is 0 Å². The van der Waals surface area contributed by atoms with Crippen molar-refractivity contribution in [3.05, 3.63) is 135 Å². The van der Waals surface area contributed by atoms with Gasteiger partial charge in [-0.05, 0) is 91.6 Å². The Morgan fingerprint density at radius 1 is 0.980 bits per heavy atom. The van der Waals surface area contributed by atoms with E-state index in [-0.39, 0.29) is 24.0 Å². The first-order valence-corrected chi connectivity index (χ1v) is 17.3. The predicted octanol–water partition coefficient (Wildman–Crippen LogP) is 6.60. The van der Waals surface area contributed by atoms with Crippen LogP contribution in [0.4, 0.5) is 4.39 Å². The topological polar surface area (TPSA) is 121 Å². The molecule has 9 nitrogen and oxygen atoms in total. The van der Waals surface area contributed by atoms with Crippen LogP contribution in [0.5, 0.6) is 0 Å². The molecule has 10 heteroatoms. The summed E-state index contributed by atoms with van der Waals surface area (Å²) in [6.07, 6.45) is 4.11. The number of aromatic amines is 1. The predicted molar refractivity (Wildman–Crippen MR) is 189 cm³/mol. The number of hydrogen-bond donors (Lipinski definition) is 2. The van der Waals surface area contributed by atoms with Crippen molar-refractivity contribution in [2.45, 2.75) is 91.0 Å². The van der Waals surface area contributed by atoms with E-state index in [0.29, 0.717) is 55.2 Å². The van der Waals surface area contributed by atoms with E-state index < -0.39 is 35.3 Å². The van der Waals surface area contributed by atoms with E-state index in [2.05, 4.69) is 15.5 Å². The van der Waals surface area contributed by atoms with E-state index in [1.54, 1.807) is 41.3 Å². The zero-order chi connectivity index (χ0) is 35.8. The molecule has 0 unspecified atom stereocenters. The van der Waals surface area contributed by atoms with Crippen LogP contribution < -0.4 is 10.9 Å². The van der Waals surface area contributed by atoms with Crippen LogP contribution in [-0.2, 0) is 27.4 Å². The Bertz CT molecular complexity index is 1870. The summed E-state index contributed by atoms with van der Waals surface area (Å²) in [5, 5.41) is 9.13. The van der Waals surface area contributed by atoms with Crippen LogP contribution in [0.15, 0.2) is 89.9 Å². The van der Waals surface area contributed by atoms with Crippen molar-refractivity contribution in [1.29, 1.82) is 0 Å². The van der Waals surface area contributed by atoms with Gasteiger partial charge in [0.2, 0.25) is 5.91 Å². The molecule has 1 saturated heterocycles. The Morgan fingerprint density at radius 2 is 1.74 bits per heavy atom. The molecular weight excluding hydrogens is 635 g/mol. The van der Waals surface area contributed by atoms with Gasteiger partial charge in [-0.25, -0.2) is 9.49 Å². The van der Waals surface area contributed by atoms with Crippen molar-refractivity contribution in [1.82, 2.24) is 20.4 Å². The first kappa shape index (κ1) is 36.2. The third-order valence-corrected chi connectivity index (χ3v) is 10.2. The molecule has 2 N–H and O–H groups in total. The molecule has 0 spiro atoms. The first-order chi connectivity index (χ1) is 24.1. The van der Waals surface area contributed by atoms with Crippen LogP contribution in [0.25, 0.3) is 0 Å². The van der Waals surface area contributed by atoms with Gasteiger partial charge in [0.1, 0.15) is 18.5 Å². The van der Waals surface area contributed by atoms with Crippen LogP contribution in [0.3, 0.4) is 0 Å². The number of benzene rings is 3. The normalized spacial score (nSPS) is 16.5. The molecule has 0 radical (unpaired) electrons. The van der Waals surface area contributed by atoms with E-state index >= 15 is 0 Å². The molecule has 5 rings (SSSR count). The SMILES string of the molecule is CC[C@@H](NC(=O)c1ccc(Cc2ccn[nH]c2=O)c(C)c1)C(=O)N1[C@H](c2cccc(F)c2)CC[C@@H]1C(CC)(CC)C(=O)OCc1ccccc1. The van der Waals surface area contributed by atoms with Gasteiger partial charge in [0.25, 0.3) is 11.5 Å². The summed E-state index contributed by atoms with van der Waals surface area (Å²) >= 11 is 0. The minimum atomic E-state index is -1.02. The second kappa shape index (κ2) is 16.1. The van der Waals surface area contributed by atoms with Crippen molar-refractivity contribution in [2.24, 2.45) is 5.41 Å². The highest BCUT2D eigenvalue weighted by Gasteiger charge is 2.53. The average molecular weight is 681 g/mol. The maximum Gasteiger partial charge on any atom is 0.314 e. The van der Waals surface area contributed by atoms with Crippen molar-refractivity contribution >= 4 is 17.8 Å². The highest BCUT2D eigenvalue weighted by Crippen LogP contribution is 2.48. The number of carbonyl (C=O) groups excluding carboxylic acids is 3. The second-order valence-electron chi connectivity index (χ2n) is 13.0. The third-order valence-electron chi connectivity index (χ3n) is 10.2. The number of carbonyl (C=O) groups is 3. The number of ether oxygens (including phenoxy) is 1. The first-order valence-electron chi connectivity index (χ1n) is 17.3. The third kappa shape index (κ3) is 7.69. The molecule has 2 amide bonds. The van der Waals surface area contributed by atoms with Gasteiger partial charge in [-0.3, -0.25) is 19.2 Å². The zero-order valence-electron chi connectivity index (χ0n) is 29.1. The van der Waals surface area contributed by atoms with E-state index in [1.807, 2.05) is 58.0 Å². The molecule has 1 aliphatic rings. The summed E-state index contributed by atoms with van der Waals surface area (Å²) in [6.45, 7) is 7.67. The molecule has 50 heavy (non-hydrogen) atoms. The number of aromatic nitrogens is 2. The Morgan fingerprint density at radius 3 is 2.40 bits per heavy atom. The van der Waals surface area contributed by atoms with Crippen LogP contribution in [0.2, 0.25) is 0 Å². The number of halogens is 1. The van der Waals surface area contributed by atoms with Crippen LogP contribution in [-0.4, -0.2) is 45.0 Å². The fourth-order valence-electron chi connectivity index (χ4n) is 7.23. The van der Waals surface area contributed by atoms with Gasteiger partial charge in [-0.2, -0.15) is 5.10 Å². The lowest BCUT2D eigenvalue weighted by Crippen LogP contribution is -2.56. The average Bonchev–Trinajstić information content (AvgIpc) is 3.58. The van der Waals surface area contributed by atoms with Gasteiger partial charge in [-0.1, -0.05) is 69.3 Å². The summed E-state index contributed by atoms with van der Waals surface area (Å²) in [6, 6.07) is 20.6. The number of aryl methyl sites for hydroxylation is 1. The molecular formula is C40H45FN4O5. The molecule has 0 saturated carbocycles. The molecule has 262 valence electrons. The number of amides is 2. The van der Waals surface area contributed by atoms with Crippen molar-refractivity contribution in [3.8, 4) is 0 Å². The highest BCUT2D eigenvalue weighted by molar-refractivity contribution is 5.98. The fourth-order valence-corrected chi connectivity index (χ4v) is 7.23. The molecule has 1 fully saturated rings. The number of rotatable bonds is 13. The van der Waals surface area contributed by atoms with Gasteiger partial charge >= 0.3 is 5.97 Å². The lowest BCUT2D eigenvalue weighted by atomic mass is 9.74. The fraction of sp³-hybridized carbons (Fsp3) is 0.375. The molecule has 2 heterocycles. The Kier molecular flexibility index (Phi) is 11.6. The van der Waals surface area contributed by atoms with Crippen LogP contribution in [0.1, 0.15) is 97.1 Å². The van der Waals surface area contributed by atoms with Gasteiger partial charge in [0.15, 0.2) is 0 Å². The zero-order valence-corrected chi connectivity index (χ0v) is 29.1. The minimum Gasteiger partial charge on any atom is -0.460 e. The molecule has 0 bridgehead atoms. The van der Waals surface area contributed by atoms with E-state index in [1.165, 1.54) is 18.3 Å². The van der Waals surface area contributed by atoms with Crippen molar-refractivity contribution in [3.63, 3.8) is 0 Å². The maximum absolute atomic E-state index is 14.7. The summed E-state index contributed by atoms with van der Waals surface area (Å²) in [5.41, 5.74) is 2.86. The Labute approximate surface area is 292 Å². The van der Waals surface area contributed by atoms with Gasteiger partial charge in [-0.15, -0.1) is 0 Å². The quantitative estimate of drug-likeness (QED) is 0.154. The molecule has 4 aromatic rings. The van der Waals surface area contributed by atoms with E-state index in [0.717, 1.165) is 16.7 Å². The number of H-pyrrole nitrogens is 1. The molecule has 0 aliphatic carbocycles. The summed E-state index contributed by atoms with van der Waals surface area (Å²) in [4.78, 5) is 56.3. The molecule has 1 aliphatic heterocycles. The number of esters is 1. The van der Waals surface area contributed by atoms with Crippen LogP contribution in [0, 0.1) is 18.2 Å². The Hall–Kier alpha value is -5.12. The summed E-state index contributed by atoms with van der Waals surface area (Å²) in [7, 11) is 0. The lowest BCUT2D eigenvalue weighted by Gasteiger charge is -2.43. The van der Waals surface area contributed by atoms with Gasteiger partial charge in [0, 0.05) is 29.8 Å². The monoisotopic (exact) mass is 680 g/mol. The summed E-state index contributed by atoms with van der Waals surface area (Å²) in [5.74, 6) is -1.54. The number of nitrogens with zero attached hydrogens (tertiary/aromatic N) is 2. The molecule has 3 atom stereocenters. The maximum atomic E-state index is 14.7. The number of hydrogen-bond acceptors (Lipinski definition) is 6. The smallest absolute Gasteiger partial charge is 0.314 e. The molecule has 3 aromatic carbocycles.